The summed E-state index contributed by atoms with van der Waals surface area (Å²) in [7, 11) is 1.77. The van der Waals surface area contributed by atoms with E-state index in [4.69, 9.17) is 4.74 Å². The summed E-state index contributed by atoms with van der Waals surface area (Å²) in [6.07, 6.45) is 2.45. The maximum absolute atomic E-state index is 5.50. The Morgan fingerprint density at radius 2 is 2.57 bits per heavy atom. The summed E-state index contributed by atoms with van der Waals surface area (Å²) in [6, 6.07) is 0.496. The van der Waals surface area contributed by atoms with E-state index >= 15 is 0 Å². The normalized spacial score (nSPS) is 22.2. The highest BCUT2D eigenvalue weighted by Gasteiger charge is 2.14. The van der Waals surface area contributed by atoms with Crippen molar-refractivity contribution in [2.45, 2.75) is 12.8 Å². The van der Waals surface area contributed by atoms with Crippen LogP contribution in [0.25, 0.3) is 0 Å². The minimum absolute atomic E-state index is 0.496. The van der Waals surface area contributed by atoms with Gasteiger partial charge in [-0.15, -0.1) is 0 Å². The number of ether oxygens (including phenoxy) is 1. The topological polar surface area (TPSA) is 64.9 Å². The third-order valence-corrected chi connectivity index (χ3v) is 2.43. The zero-order chi connectivity index (χ0) is 9.80. The van der Waals surface area contributed by atoms with E-state index in [1.807, 2.05) is 0 Å². The number of aryl methyl sites for hydroxylation is 1. The number of nitrogens with zero attached hydrogens (tertiary/aromatic N) is 4. The molecule has 1 unspecified atom stereocenters. The maximum atomic E-state index is 5.50. The fourth-order valence-corrected chi connectivity index (χ4v) is 1.60. The van der Waals surface area contributed by atoms with Gasteiger partial charge < -0.3 is 10.1 Å². The first-order chi connectivity index (χ1) is 6.86. The molecule has 0 aliphatic carbocycles. The van der Waals surface area contributed by atoms with Crippen molar-refractivity contribution in [3.63, 3.8) is 0 Å². The van der Waals surface area contributed by atoms with Gasteiger partial charge in [-0.25, -0.2) is 0 Å². The van der Waals surface area contributed by atoms with Crippen LogP contribution in [0.1, 0.15) is 12.8 Å². The fourth-order valence-electron chi connectivity index (χ4n) is 1.60. The van der Waals surface area contributed by atoms with Crippen molar-refractivity contribution in [2.24, 2.45) is 13.0 Å². The van der Waals surface area contributed by atoms with E-state index in [-0.39, 0.29) is 0 Å². The molecule has 1 aromatic rings. The molecule has 0 amide bonds. The molecule has 0 aromatic carbocycles. The predicted molar refractivity (Wildman–Crippen MR) is 49.9 cm³/mol. The van der Waals surface area contributed by atoms with Crippen molar-refractivity contribution in [1.82, 2.24) is 25.5 Å². The quantitative estimate of drug-likeness (QED) is 0.713. The van der Waals surface area contributed by atoms with E-state index in [1.54, 1.807) is 7.05 Å². The minimum Gasteiger partial charge on any atom is -0.462 e. The number of nitrogens with one attached hydrogen (secondary N) is 1. The van der Waals surface area contributed by atoms with Crippen LogP contribution in [0, 0.1) is 5.92 Å². The number of rotatable bonds is 3. The van der Waals surface area contributed by atoms with Crippen molar-refractivity contribution in [1.29, 1.82) is 0 Å². The van der Waals surface area contributed by atoms with Crippen molar-refractivity contribution >= 4 is 0 Å². The van der Waals surface area contributed by atoms with E-state index in [2.05, 4.69) is 20.8 Å². The van der Waals surface area contributed by atoms with Crippen LogP contribution in [-0.4, -0.2) is 39.9 Å². The molecule has 6 nitrogen and oxygen atoms in total. The highest BCUT2D eigenvalue weighted by Crippen LogP contribution is 2.11. The molecule has 1 aliphatic heterocycles. The molecule has 14 heavy (non-hydrogen) atoms. The van der Waals surface area contributed by atoms with Gasteiger partial charge in [0.1, 0.15) is 0 Å². The molecule has 1 saturated heterocycles. The minimum atomic E-state index is 0.496. The Morgan fingerprint density at radius 3 is 3.21 bits per heavy atom. The summed E-state index contributed by atoms with van der Waals surface area (Å²) < 4.78 is 7.04. The van der Waals surface area contributed by atoms with Gasteiger partial charge in [0.15, 0.2) is 0 Å². The lowest BCUT2D eigenvalue weighted by Gasteiger charge is -2.21. The molecule has 1 fully saturated rings. The van der Waals surface area contributed by atoms with Gasteiger partial charge in [0.2, 0.25) is 0 Å². The fraction of sp³-hybridized carbons (Fsp3) is 0.875. The zero-order valence-corrected chi connectivity index (χ0v) is 8.31. The average molecular weight is 197 g/mol. The van der Waals surface area contributed by atoms with Crippen LogP contribution in [0.2, 0.25) is 0 Å². The van der Waals surface area contributed by atoms with Gasteiger partial charge in [-0.1, -0.05) is 5.10 Å². The molecule has 1 N–H and O–H groups in total. The Morgan fingerprint density at radius 1 is 1.64 bits per heavy atom. The Hall–Kier alpha value is -1.17. The third-order valence-electron chi connectivity index (χ3n) is 2.43. The second kappa shape index (κ2) is 4.36. The molecule has 0 spiro atoms. The van der Waals surface area contributed by atoms with Gasteiger partial charge in [-0.2, -0.15) is 4.68 Å². The number of hydrogen-bond donors (Lipinski definition) is 1. The predicted octanol–water partition coefficient (Wildman–Crippen LogP) is -0.412. The summed E-state index contributed by atoms with van der Waals surface area (Å²) in [5.41, 5.74) is 0. The van der Waals surface area contributed by atoms with Crippen LogP contribution in [0.3, 0.4) is 0 Å². The van der Waals surface area contributed by atoms with Gasteiger partial charge >= 0.3 is 6.01 Å². The van der Waals surface area contributed by atoms with E-state index in [0.717, 1.165) is 13.1 Å². The number of aromatic nitrogens is 4. The average Bonchev–Trinajstić information content (AvgIpc) is 2.63. The number of hydrogen-bond acceptors (Lipinski definition) is 5. The van der Waals surface area contributed by atoms with Crippen LogP contribution >= 0.6 is 0 Å². The monoisotopic (exact) mass is 197 g/mol. The molecular weight excluding hydrogens is 182 g/mol. The first-order valence-corrected chi connectivity index (χ1v) is 4.92. The molecule has 0 bridgehead atoms. The van der Waals surface area contributed by atoms with E-state index < -0.39 is 0 Å². The molecule has 1 aromatic heterocycles. The second-order valence-corrected chi connectivity index (χ2v) is 3.61. The highest BCUT2D eigenvalue weighted by atomic mass is 16.5. The van der Waals surface area contributed by atoms with Crippen molar-refractivity contribution in [3.8, 4) is 6.01 Å². The standard InChI is InChI=1S/C8H15N5O/c1-13-8(10-11-12-13)14-6-7-3-2-4-9-5-7/h7,9H,2-6H2,1H3. The van der Waals surface area contributed by atoms with E-state index in [9.17, 15) is 0 Å². The van der Waals surface area contributed by atoms with Gasteiger partial charge in [0.25, 0.3) is 0 Å². The molecule has 1 atom stereocenters. The molecule has 0 saturated carbocycles. The summed E-state index contributed by atoms with van der Waals surface area (Å²) in [4.78, 5) is 0. The lowest BCUT2D eigenvalue weighted by molar-refractivity contribution is 0.198. The number of piperidine rings is 1. The van der Waals surface area contributed by atoms with Gasteiger partial charge in [-0.05, 0) is 29.8 Å². The Balaban J connectivity index is 1.79. The summed E-state index contributed by atoms with van der Waals surface area (Å²) in [6.45, 7) is 2.86. The molecular formula is C8H15N5O. The van der Waals surface area contributed by atoms with Gasteiger partial charge in [0.05, 0.1) is 6.61 Å². The van der Waals surface area contributed by atoms with Crippen LogP contribution < -0.4 is 10.1 Å². The summed E-state index contributed by atoms with van der Waals surface area (Å²) in [5.74, 6) is 0.584. The molecule has 0 radical (unpaired) electrons. The molecule has 2 heterocycles. The maximum Gasteiger partial charge on any atom is 0.335 e. The van der Waals surface area contributed by atoms with Crippen molar-refractivity contribution < 1.29 is 4.74 Å². The molecule has 1 aliphatic rings. The molecule has 6 heteroatoms. The summed E-state index contributed by atoms with van der Waals surface area (Å²) in [5, 5.41) is 14.3. The third kappa shape index (κ3) is 2.20. The van der Waals surface area contributed by atoms with Gasteiger partial charge in [-0.3, -0.25) is 0 Å². The van der Waals surface area contributed by atoms with Crippen LogP contribution in [0.4, 0.5) is 0 Å². The Labute approximate surface area is 82.6 Å². The van der Waals surface area contributed by atoms with Crippen LogP contribution in [0.5, 0.6) is 6.01 Å². The van der Waals surface area contributed by atoms with E-state index in [1.165, 1.54) is 17.5 Å². The summed E-state index contributed by atoms with van der Waals surface area (Å²) >= 11 is 0. The largest absolute Gasteiger partial charge is 0.462 e. The van der Waals surface area contributed by atoms with Crippen molar-refractivity contribution in [2.75, 3.05) is 19.7 Å². The van der Waals surface area contributed by atoms with Crippen molar-refractivity contribution in [3.05, 3.63) is 0 Å². The van der Waals surface area contributed by atoms with Crippen LogP contribution in [0.15, 0.2) is 0 Å². The second-order valence-electron chi connectivity index (χ2n) is 3.61. The molecule has 78 valence electrons. The van der Waals surface area contributed by atoms with E-state index in [0.29, 0.717) is 18.5 Å². The Bertz CT molecular complexity index is 281. The first kappa shape index (κ1) is 9.39. The lowest BCUT2D eigenvalue weighted by Crippen LogP contribution is -2.33. The Kier molecular flexibility index (Phi) is 2.93. The van der Waals surface area contributed by atoms with Crippen LogP contribution in [-0.2, 0) is 7.05 Å². The zero-order valence-electron chi connectivity index (χ0n) is 8.31. The SMILES string of the molecule is Cn1nnnc1OCC1CCCNC1. The first-order valence-electron chi connectivity index (χ1n) is 4.92. The smallest absolute Gasteiger partial charge is 0.335 e. The number of tetrazole rings is 1. The highest BCUT2D eigenvalue weighted by molar-refractivity contribution is 4.86. The molecule has 2 rings (SSSR count). The van der Waals surface area contributed by atoms with Gasteiger partial charge in [0, 0.05) is 19.5 Å². The lowest BCUT2D eigenvalue weighted by atomic mass is 10.0.